The van der Waals surface area contributed by atoms with E-state index in [4.69, 9.17) is 5.11 Å². The zero-order valence-electron chi connectivity index (χ0n) is 8.29. The highest BCUT2D eigenvalue weighted by atomic mass is 16.4. The third-order valence-electron chi connectivity index (χ3n) is 3.35. The van der Waals surface area contributed by atoms with Crippen LogP contribution in [0.4, 0.5) is 0 Å². The van der Waals surface area contributed by atoms with E-state index < -0.39 is 17.5 Å². The van der Waals surface area contributed by atoms with E-state index in [0.29, 0.717) is 5.92 Å². The Kier molecular flexibility index (Phi) is 2.96. The third kappa shape index (κ3) is 2.02. The number of carboxylic acids is 1. The van der Waals surface area contributed by atoms with E-state index in [9.17, 15) is 9.90 Å². The second kappa shape index (κ2) is 3.66. The van der Waals surface area contributed by atoms with E-state index >= 15 is 0 Å². The predicted octanol–water partition coefficient (Wildman–Crippen LogP) is 1.65. The number of hydrogen-bond acceptors (Lipinski definition) is 2. The lowest BCUT2D eigenvalue weighted by Gasteiger charge is -2.33. The second-order valence-electron chi connectivity index (χ2n) is 4.54. The molecule has 0 heterocycles. The lowest BCUT2D eigenvalue weighted by molar-refractivity contribution is -0.155. The summed E-state index contributed by atoms with van der Waals surface area (Å²) in [5.74, 6) is -0.740. The normalized spacial score (nSPS) is 21.8. The van der Waals surface area contributed by atoms with Gasteiger partial charge in [0.2, 0.25) is 0 Å². The molecule has 1 aliphatic carbocycles. The van der Waals surface area contributed by atoms with Crippen molar-refractivity contribution < 1.29 is 15.0 Å². The summed E-state index contributed by atoms with van der Waals surface area (Å²) >= 11 is 0. The fourth-order valence-corrected chi connectivity index (χ4v) is 2.21. The Bertz CT molecular complexity index is 192. The van der Waals surface area contributed by atoms with Gasteiger partial charge in [-0.3, -0.25) is 0 Å². The molecule has 0 bridgehead atoms. The average molecular weight is 186 g/mol. The summed E-state index contributed by atoms with van der Waals surface area (Å²) in [5, 5.41) is 18.2. The molecule has 1 atom stereocenters. The molecule has 0 aromatic carbocycles. The van der Waals surface area contributed by atoms with Gasteiger partial charge in [0.1, 0.15) is 0 Å². The molecule has 3 heteroatoms. The van der Waals surface area contributed by atoms with Crippen LogP contribution < -0.4 is 0 Å². The average Bonchev–Trinajstić information content (AvgIpc) is 2.54. The molecule has 13 heavy (non-hydrogen) atoms. The number of hydrogen-bond donors (Lipinski definition) is 2. The van der Waals surface area contributed by atoms with Crippen LogP contribution in [-0.4, -0.2) is 22.3 Å². The maximum atomic E-state index is 10.7. The highest BCUT2D eigenvalue weighted by Crippen LogP contribution is 2.41. The molecular formula is C10H18O3. The fourth-order valence-electron chi connectivity index (χ4n) is 2.21. The van der Waals surface area contributed by atoms with E-state index in [1.165, 1.54) is 12.8 Å². The van der Waals surface area contributed by atoms with Gasteiger partial charge in [0.05, 0.1) is 0 Å². The molecule has 0 saturated heterocycles. The van der Waals surface area contributed by atoms with Crippen molar-refractivity contribution >= 4 is 5.97 Å². The molecule has 1 unspecified atom stereocenters. The van der Waals surface area contributed by atoms with Gasteiger partial charge in [0.15, 0.2) is 6.10 Å². The summed E-state index contributed by atoms with van der Waals surface area (Å²) in [7, 11) is 0. The first-order valence-electron chi connectivity index (χ1n) is 4.87. The number of rotatable bonds is 3. The number of aliphatic hydroxyl groups excluding tert-OH is 1. The van der Waals surface area contributed by atoms with Crippen molar-refractivity contribution in [3.8, 4) is 0 Å². The van der Waals surface area contributed by atoms with Gasteiger partial charge in [-0.05, 0) is 18.8 Å². The Balaban J connectivity index is 2.67. The van der Waals surface area contributed by atoms with Crippen LogP contribution >= 0.6 is 0 Å². The summed E-state index contributed by atoms with van der Waals surface area (Å²) in [4.78, 5) is 10.7. The van der Waals surface area contributed by atoms with Crippen molar-refractivity contribution in [2.45, 2.75) is 45.6 Å². The summed E-state index contributed by atoms with van der Waals surface area (Å²) in [6.45, 7) is 3.70. The first-order chi connectivity index (χ1) is 5.96. The highest BCUT2D eigenvalue weighted by molar-refractivity contribution is 5.73. The smallest absolute Gasteiger partial charge is 0.333 e. The summed E-state index contributed by atoms with van der Waals surface area (Å²) in [6.07, 6.45) is 3.21. The molecule has 0 aromatic rings. The number of aliphatic hydroxyl groups is 1. The van der Waals surface area contributed by atoms with E-state index in [2.05, 4.69) is 0 Å². The van der Waals surface area contributed by atoms with Crippen LogP contribution in [0, 0.1) is 11.3 Å². The summed E-state index contributed by atoms with van der Waals surface area (Å²) in [5.41, 5.74) is -0.484. The number of carbonyl (C=O) groups is 1. The molecule has 2 N–H and O–H groups in total. The summed E-state index contributed by atoms with van der Waals surface area (Å²) < 4.78 is 0. The van der Waals surface area contributed by atoms with Crippen LogP contribution in [0.2, 0.25) is 0 Å². The minimum atomic E-state index is -1.23. The Morgan fingerprint density at radius 2 is 1.85 bits per heavy atom. The van der Waals surface area contributed by atoms with Gasteiger partial charge in [0, 0.05) is 5.41 Å². The van der Waals surface area contributed by atoms with Gasteiger partial charge in [-0.25, -0.2) is 4.79 Å². The molecule has 1 rings (SSSR count). The third-order valence-corrected chi connectivity index (χ3v) is 3.35. The van der Waals surface area contributed by atoms with E-state index in [1.807, 2.05) is 13.8 Å². The van der Waals surface area contributed by atoms with Crippen molar-refractivity contribution in [3.63, 3.8) is 0 Å². The molecule has 0 aliphatic heterocycles. The number of carboxylic acid groups (broad SMARTS) is 1. The van der Waals surface area contributed by atoms with Crippen LogP contribution in [0.3, 0.4) is 0 Å². The standard InChI is InChI=1S/C10H18O3/c1-10(2,8(11)9(12)13)7-5-3-4-6-7/h7-8,11H,3-6H2,1-2H3,(H,12,13). The van der Waals surface area contributed by atoms with E-state index in [0.717, 1.165) is 12.8 Å². The topological polar surface area (TPSA) is 57.5 Å². The van der Waals surface area contributed by atoms with Crippen LogP contribution in [0.5, 0.6) is 0 Å². The fraction of sp³-hybridized carbons (Fsp3) is 0.900. The van der Waals surface area contributed by atoms with Crippen LogP contribution in [0.1, 0.15) is 39.5 Å². The highest BCUT2D eigenvalue weighted by Gasteiger charge is 2.41. The van der Waals surface area contributed by atoms with Gasteiger partial charge in [-0.1, -0.05) is 26.7 Å². The van der Waals surface area contributed by atoms with Gasteiger partial charge in [-0.2, -0.15) is 0 Å². The van der Waals surface area contributed by atoms with E-state index in [1.54, 1.807) is 0 Å². The van der Waals surface area contributed by atoms with Crippen LogP contribution in [0.25, 0.3) is 0 Å². The lowest BCUT2D eigenvalue weighted by Crippen LogP contribution is -2.41. The van der Waals surface area contributed by atoms with Gasteiger partial charge >= 0.3 is 5.97 Å². The van der Waals surface area contributed by atoms with Crippen molar-refractivity contribution in [2.24, 2.45) is 11.3 Å². The molecule has 1 aliphatic rings. The predicted molar refractivity (Wildman–Crippen MR) is 49.4 cm³/mol. The molecule has 0 aromatic heterocycles. The van der Waals surface area contributed by atoms with Crippen molar-refractivity contribution in [3.05, 3.63) is 0 Å². The van der Waals surface area contributed by atoms with Crippen molar-refractivity contribution in [1.82, 2.24) is 0 Å². The maximum Gasteiger partial charge on any atom is 0.333 e. The zero-order chi connectivity index (χ0) is 10.1. The second-order valence-corrected chi connectivity index (χ2v) is 4.54. The zero-order valence-corrected chi connectivity index (χ0v) is 8.29. The van der Waals surface area contributed by atoms with Crippen molar-refractivity contribution in [2.75, 3.05) is 0 Å². The molecule has 1 saturated carbocycles. The van der Waals surface area contributed by atoms with Gasteiger partial charge < -0.3 is 10.2 Å². The minimum Gasteiger partial charge on any atom is -0.479 e. The SMILES string of the molecule is CC(C)(C1CCCC1)C(O)C(=O)O. The Labute approximate surface area is 78.8 Å². The quantitative estimate of drug-likeness (QED) is 0.704. The monoisotopic (exact) mass is 186 g/mol. The first-order valence-corrected chi connectivity index (χ1v) is 4.87. The van der Waals surface area contributed by atoms with Gasteiger partial charge in [0.25, 0.3) is 0 Å². The Morgan fingerprint density at radius 3 is 2.23 bits per heavy atom. The Morgan fingerprint density at radius 1 is 1.38 bits per heavy atom. The molecule has 0 radical (unpaired) electrons. The van der Waals surface area contributed by atoms with Crippen LogP contribution in [-0.2, 0) is 4.79 Å². The van der Waals surface area contributed by atoms with Gasteiger partial charge in [-0.15, -0.1) is 0 Å². The number of aliphatic carboxylic acids is 1. The van der Waals surface area contributed by atoms with Crippen LogP contribution in [0.15, 0.2) is 0 Å². The molecule has 0 amide bonds. The molecule has 3 nitrogen and oxygen atoms in total. The molecule has 76 valence electrons. The molecular weight excluding hydrogens is 168 g/mol. The Hall–Kier alpha value is -0.570. The first kappa shape index (κ1) is 10.5. The lowest BCUT2D eigenvalue weighted by atomic mass is 9.73. The van der Waals surface area contributed by atoms with Crippen molar-refractivity contribution in [1.29, 1.82) is 0 Å². The summed E-state index contributed by atoms with van der Waals surface area (Å²) in [6, 6.07) is 0. The maximum absolute atomic E-state index is 10.7. The van der Waals surface area contributed by atoms with E-state index in [-0.39, 0.29) is 0 Å². The molecule has 0 spiro atoms. The largest absolute Gasteiger partial charge is 0.479 e. The molecule has 1 fully saturated rings. The minimum absolute atomic E-state index is 0.360.